The second-order valence-electron chi connectivity index (χ2n) is 3.96. The van der Waals surface area contributed by atoms with Crippen molar-refractivity contribution in [3.8, 4) is 5.88 Å². The SMILES string of the molecule is Cc1cc(OCC(=O)Nc2ccc(F)c(F)c2)ncn1. The summed E-state index contributed by atoms with van der Waals surface area (Å²) >= 11 is 0. The Morgan fingerprint density at radius 2 is 2.05 bits per heavy atom. The first-order chi connectivity index (χ1) is 9.54. The van der Waals surface area contributed by atoms with E-state index in [4.69, 9.17) is 4.74 Å². The molecule has 1 aromatic carbocycles. The zero-order valence-corrected chi connectivity index (χ0v) is 10.6. The fourth-order valence-corrected chi connectivity index (χ4v) is 1.42. The van der Waals surface area contributed by atoms with Crippen molar-refractivity contribution >= 4 is 11.6 Å². The molecule has 7 heteroatoms. The molecular weight excluding hydrogens is 268 g/mol. The van der Waals surface area contributed by atoms with Crippen molar-refractivity contribution in [2.24, 2.45) is 0 Å². The van der Waals surface area contributed by atoms with E-state index < -0.39 is 17.5 Å². The number of aryl methyl sites for hydroxylation is 1. The fourth-order valence-electron chi connectivity index (χ4n) is 1.42. The van der Waals surface area contributed by atoms with E-state index >= 15 is 0 Å². The topological polar surface area (TPSA) is 64.1 Å². The molecule has 0 aliphatic heterocycles. The number of carbonyl (C=O) groups is 1. The lowest BCUT2D eigenvalue weighted by atomic mass is 10.3. The molecule has 1 aromatic heterocycles. The molecule has 104 valence electrons. The average Bonchev–Trinajstić information content (AvgIpc) is 2.41. The highest BCUT2D eigenvalue weighted by Crippen LogP contribution is 2.13. The van der Waals surface area contributed by atoms with Gasteiger partial charge in [-0.25, -0.2) is 18.7 Å². The number of nitrogens with one attached hydrogen (secondary N) is 1. The summed E-state index contributed by atoms with van der Waals surface area (Å²) in [6.07, 6.45) is 1.32. The van der Waals surface area contributed by atoms with Gasteiger partial charge in [0.05, 0.1) is 0 Å². The Bertz CT molecular complexity index is 635. The molecule has 0 saturated heterocycles. The first-order valence-corrected chi connectivity index (χ1v) is 5.71. The van der Waals surface area contributed by atoms with Gasteiger partial charge in [-0.05, 0) is 19.1 Å². The molecule has 1 heterocycles. The number of nitrogens with zero attached hydrogens (tertiary/aromatic N) is 2. The summed E-state index contributed by atoms with van der Waals surface area (Å²) in [6.45, 7) is 1.46. The Morgan fingerprint density at radius 3 is 2.75 bits per heavy atom. The number of halogens is 2. The Balaban J connectivity index is 1.91. The predicted molar refractivity (Wildman–Crippen MR) is 67.3 cm³/mol. The lowest BCUT2D eigenvalue weighted by Crippen LogP contribution is -2.20. The van der Waals surface area contributed by atoms with Crippen LogP contribution < -0.4 is 10.1 Å². The first-order valence-electron chi connectivity index (χ1n) is 5.71. The molecule has 5 nitrogen and oxygen atoms in total. The van der Waals surface area contributed by atoms with Gasteiger partial charge in [0.15, 0.2) is 18.2 Å². The van der Waals surface area contributed by atoms with Crippen molar-refractivity contribution < 1.29 is 18.3 Å². The van der Waals surface area contributed by atoms with Gasteiger partial charge in [-0.2, -0.15) is 0 Å². The maximum Gasteiger partial charge on any atom is 0.262 e. The standard InChI is InChI=1S/C13H11F2N3O2/c1-8-4-13(17-7-16-8)20-6-12(19)18-9-2-3-10(14)11(15)5-9/h2-5,7H,6H2,1H3,(H,18,19). The number of hydrogen-bond acceptors (Lipinski definition) is 4. The van der Waals surface area contributed by atoms with Gasteiger partial charge in [-0.15, -0.1) is 0 Å². The number of anilines is 1. The van der Waals surface area contributed by atoms with Crippen LogP contribution in [0.1, 0.15) is 5.69 Å². The number of carbonyl (C=O) groups excluding carboxylic acids is 1. The van der Waals surface area contributed by atoms with E-state index in [1.54, 1.807) is 13.0 Å². The molecule has 0 saturated carbocycles. The van der Waals surface area contributed by atoms with Crippen molar-refractivity contribution in [1.82, 2.24) is 9.97 Å². The molecule has 0 atom stereocenters. The Kier molecular flexibility index (Phi) is 4.19. The van der Waals surface area contributed by atoms with Crippen LogP contribution in [0.3, 0.4) is 0 Å². The molecule has 0 aliphatic carbocycles. The molecule has 1 N–H and O–H groups in total. The van der Waals surface area contributed by atoms with Crippen LogP contribution in [0.5, 0.6) is 5.88 Å². The summed E-state index contributed by atoms with van der Waals surface area (Å²) in [7, 11) is 0. The highest BCUT2D eigenvalue weighted by atomic mass is 19.2. The van der Waals surface area contributed by atoms with Gasteiger partial charge >= 0.3 is 0 Å². The first kappa shape index (κ1) is 13.9. The van der Waals surface area contributed by atoms with E-state index in [0.29, 0.717) is 5.69 Å². The minimum atomic E-state index is -1.03. The molecule has 0 bridgehead atoms. The third kappa shape index (κ3) is 3.71. The van der Waals surface area contributed by atoms with Crippen molar-refractivity contribution in [3.05, 3.63) is 47.9 Å². The largest absolute Gasteiger partial charge is 0.467 e. The summed E-state index contributed by atoms with van der Waals surface area (Å²) in [4.78, 5) is 19.3. The number of hydrogen-bond donors (Lipinski definition) is 1. The number of amides is 1. The molecule has 0 radical (unpaired) electrons. The second kappa shape index (κ2) is 6.05. The summed E-state index contributed by atoms with van der Waals surface area (Å²) < 4.78 is 30.8. The van der Waals surface area contributed by atoms with E-state index in [1.165, 1.54) is 12.4 Å². The second-order valence-corrected chi connectivity index (χ2v) is 3.96. The van der Waals surface area contributed by atoms with Crippen molar-refractivity contribution in [2.75, 3.05) is 11.9 Å². The highest BCUT2D eigenvalue weighted by molar-refractivity contribution is 5.91. The molecule has 20 heavy (non-hydrogen) atoms. The van der Waals surface area contributed by atoms with Gasteiger partial charge in [0, 0.05) is 23.5 Å². The van der Waals surface area contributed by atoms with Crippen LogP contribution in [-0.2, 0) is 4.79 Å². The van der Waals surface area contributed by atoms with Gasteiger partial charge in [0.25, 0.3) is 5.91 Å². The van der Waals surface area contributed by atoms with Crippen LogP contribution in [0.15, 0.2) is 30.6 Å². The lowest BCUT2D eigenvalue weighted by molar-refractivity contribution is -0.118. The molecule has 1 amide bonds. The molecule has 0 spiro atoms. The van der Waals surface area contributed by atoms with E-state index in [2.05, 4.69) is 15.3 Å². The van der Waals surface area contributed by atoms with Gasteiger partial charge in [-0.3, -0.25) is 4.79 Å². The zero-order chi connectivity index (χ0) is 14.5. The molecule has 0 aliphatic rings. The van der Waals surface area contributed by atoms with Crippen molar-refractivity contribution in [1.29, 1.82) is 0 Å². The van der Waals surface area contributed by atoms with Crippen LogP contribution in [0.2, 0.25) is 0 Å². The van der Waals surface area contributed by atoms with Crippen LogP contribution in [0.25, 0.3) is 0 Å². The van der Waals surface area contributed by atoms with Crippen LogP contribution in [0.4, 0.5) is 14.5 Å². The number of rotatable bonds is 4. The number of ether oxygens (including phenoxy) is 1. The molecule has 2 rings (SSSR count). The summed E-state index contributed by atoms with van der Waals surface area (Å²) in [6, 6.07) is 4.65. The third-order valence-corrected chi connectivity index (χ3v) is 2.33. The maximum atomic E-state index is 13.0. The lowest BCUT2D eigenvalue weighted by Gasteiger charge is -2.07. The van der Waals surface area contributed by atoms with Crippen LogP contribution in [-0.4, -0.2) is 22.5 Å². The summed E-state index contributed by atoms with van der Waals surface area (Å²) in [5, 5.41) is 2.38. The normalized spacial score (nSPS) is 10.2. The Labute approximate surface area is 113 Å². The molecule has 0 unspecified atom stereocenters. The van der Waals surface area contributed by atoms with Crippen molar-refractivity contribution in [3.63, 3.8) is 0 Å². The van der Waals surface area contributed by atoms with Gasteiger partial charge < -0.3 is 10.1 Å². The van der Waals surface area contributed by atoms with Crippen LogP contribution >= 0.6 is 0 Å². The van der Waals surface area contributed by atoms with E-state index in [9.17, 15) is 13.6 Å². The zero-order valence-electron chi connectivity index (χ0n) is 10.6. The monoisotopic (exact) mass is 279 g/mol. The van der Waals surface area contributed by atoms with E-state index in [-0.39, 0.29) is 18.2 Å². The maximum absolute atomic E-state index is 13.0. The molecule has 0 fully saturated rings. The van der Waals surface area contributed by atoms with Gasteiger partial charge in [-0.1, -0.05) is 0 Å². The quantitative estimate of drug-likeness (QED) is 0.930. The molecule has 2 aromatic rings. The predicted octanol–water partition coefficient (Wildman–Crippen LogP) is 2.08. The fraction of sp³-hybridized carbons (Fsp3) is 0.154. The van der Waals surface area contributed by atoms with Crippen LogP contribution in [0, 0.1) is 18.6 Å². The average molecular weight is 279 g/mol. The summed E-state index contributed by atoms with van der Waals surface area (Å²) in [5.74, 6) is -2.25. The molecular formula is C13H11F2N3O2. The smallest absolute Gasteiger partial charge is 0.262 e. The highest BCUT2D eigenvalue weighted by Gasteiger charge is 2.07. The Morgan fingerprint density at radius 1 is 1.25 bits per heavy atom. The Hall–Kier alpha value is -2.57. The van der Waals surface area contributed by atoms with Gasteiger partial charge in [0.1, 0.15) is 6.33 Å². The third-order valence-electron chi connectivity index (χ3n) is 2.33. The van der Waals surface area contributed by atoms with Crippen molar-refractivity contribution in [2.45, 2.75) is 6.92 Å². The number of benzene rings is 1. The number of aromatic nitrogens is 2. The summed E-state index contributed by atoms with van der Waals surface area (Å²) in [5.41, 5.74) is 0.854. The van der Waals surface area contributed by atoms with Gasteiger partial charge in [0.2, 0.25) is 5.88 Å². The van der Waals surface area contributed by atoms with E-state index in [1.807, 2.05) is 0 Å². The minimum absolute atomic E-state index is 0.149. The minimum Gasteiger partial charge on any atom is -0.467 e. The van der Waals surface area contributed by atoms with E-state index in [0.717, 1.165) is 12.1 Å².